The van der Waals surface area contributed by atoms with E-state index in [0.717, 1.165) is 20.8 Å². The first kappa shape index (κ1) is 37.8. The van der Waals surface area contributed by atoms with Gasteiger partial charge >= 0.3 is 30.0 Å². The Kier molecular flexibility index (Phi) is 14.2. The van der Waals surface area contributed by atoms with Crippen molar-refractivity contribution in [1.82, 2.24) is 10.6 Å². The highest BCUT2D eigenvalue weighted by Gasteiger charge is 2.53. The molecule has 2 aromatic carbocycles. The summed E-state index contributed by atoms with van der Waals surface area (Å²) in [5.41, 5.74) is 0.810. The van der Waals surface area contributed by atoms with E-state index in [2.05, 4.69) is 5.32 Å². The summed E-state index contributed by atoms with van der Waals surface area (Å²) in [7, 11) is 0. The van der Waals surface area contributed by atoms with Gasteiger partial charge in [0.2, 0.25) is 0 Å². The summed E-state index contributed by atoms with van der Waals surface area (Å²) in [5.74, 6) is -4.15. The summed E-state index contributed by atoms with van der Waals surface area (Å²) in [4.78, 5) is 59.6. The average molecular weight is 683 g/mol. The Labute approximate surface area is 274 Å². The number of unbranched alkanes of at least 4 members (excludes halogenated alkanes) is 1. The van der Waals surface area contributed by atoms with Crippen LogP contribution in [-0.4, -0.2) is 86.4 Å². The molecule has 1 unspecified atom stereocenters. The Morgan fingerprint density at radius 2 is 1.44 bits per heavy atom. The van der Waals surface area contributed by atoms with Crippen LogP contribution in [0, 0.1) is 0 Å². The van der Waals surface area contributed by atoms with E-state index < -0.39 is 66.6 Å². The van der Waals surface area contributed by atoms with Crippen molar-refractivity contribution in [3.63, 3.8) is 0 Å². The van der Waals surface area contributed by atoms with Crippen molar-refractivity contribution in [3.8, 4) is 5.75 Å². The van der Waals surface area contributed by atoms with Crippen molar-refractivity contribution in [2.75, 3.05) is 19.8 Å². The lowest BCUT2D eigenvalue weighted by Gasteiger charge is -2.28. The molecule has 0 aromatic heterocycles. The minimum absolute atomic E-state index is 0.0894. The van der Waals surface area contributed by atoms with Crippen LogP contribution in [0.4, 0.5) is 13.2 Å². The fourth-order valence-electron chi connectivity index (χ4n) is 4.63. The molecule has 13 nitrogen and oxygen atoms in total. The van der Waals surface area contributed by atoms with Crippen LogP contribution in [0.5, 0.6) is 5.75 Å². The van der Waals surface area contributed by atoms with E-state index in [-0.39, 0.29) is 26.3 Å². The van der Waals surface area contributed by atoms with Gasteiger partial charge in [0.25, 0.3) is 5.91 Å². The zero-order valence-corrected chi connectivity index (χ0v) is 26.5. The van der Waals surface area contributed by atoms with Crippen LogP contribution >= 0.6 is 0 Å². The Hall–Kier alpha value is -4.70. The normalized spacial score (nSPS) is 19.5. The lowest BCUT2D eigenvalue weighted by atomic mass is 10.0. The third kappa shape index (κ3) is 12.2. The molecule has 16 heteroatoms. The molecule has 2 aromatic rings. The third-order valence-electron chi connectivity index (χ3n) is 6.72. The van der Waals surface area contributed by atoms with Crippen molar-refractivity contribution in [1.29, 1.82) is 0 Å². The lowest BCUT2D eigenvalue weighted by Crippen LogP contribution is -2.49. The second-order valence-corrected chi connectivity index (χ2v) is 10.6. The number of carbonyl (C=O) groups is 5. The van der Waals surface area contributed by atoms with Crippen LogP contribution < -0.4 is 15.4 Å². The first-order valence-electron chi connectivity index (χ1n) is 14.9. The molecule has 0 saturated carbocycles. The molecule has 262 valence electrons. The molecule has 2 N–H and O–H groups in total. The number of rotatable bonds is 16. The van der Waals surface area contributed by atoms with Gasteiger partial charge in [0, 0.05) is 32.9 Å². The number of hydrogen-bond donors (Lipinski definition) is 2. The van der Waals surface area contributed by atoms with Gasteiger partial charge in [-0.25, -0.2) is 0 Å². The molecule has 1 aliphatic rings. The van der Waals surface area contributed by atoms with Crippen molar-refractivity contribution >= 4 is 29.7 Å². The standard InChI is InChI=1S/C32H37F3N2O11/c1-19(38)45-25(18-36-29(41)23-9-5-4-6-10-23)26-27(46-20(2)39)28(47-21(3)40)30(48-26)44-16-8-7-15-43-24-13-11-22(12-14-24)17-37-31(42)32(33,34)35/h4-6,9-14,25-28,30H,7-8,15-18H2,1-3H3,(H,36,41)(H,37,42)/t25-,26+,27+,28-,30?/m1/s1. The maximum absolute atomic E-state index is 12.7. The first-order valence-corrected chi connectivity index (χ1v) is 14.9. The summed E-state index contributed by atoms with van der Waals surface area (Å²) in [6, 6.07) is 14.5. The number of amides is 2. The molecule has 1 saturated heterocycles. The summed E-state index contributed by atoms with van der Waals surface area (Å²) in [6.07, 6.45) is -10.1. The lowest BCUT2D eigenvalue weighted by molar-refractivity contribution is -0.195. The van der Waals surface area contributed by atoms with E-state index in [9.17, 15) is 37.1 Å². The minimum Gasteiger partial charge on any atom is -0.494 e. The number of ether oxygens (including phenoxy) is 6. The second-order valence-electron chi connectivity index (χ2n) is 10.6. The molecule has 1 heterocycles. The quantitative estimate of drug-likeness (QED) is 0.152. The molecule has 3 rings (SSSR count). The van der Waals surface area contributed by atoms with Crippen LogP contribution in [0.25, 0.3) is 0 Å². The molecule has 2 amide bonds. The molecular weight excluding hydrogens is 645 g/mol. The molecule has 48 heavy (non-hydrogen) atoms. The fraction of sp³-hybridized carbons (Fsp3) is 0.469. The number of nitrogens with one attached hydrogen (secondary N) is 2. The second kappa shape index (κ2) is 18.0. The third-order valence-corrected chi connectivity index (χ3v) is 6.72. The van der Waals surface area contributed by atoms with E-state index in [4.69, 9.17) is 28.4 Å². The Bertz CT molecular complexity index is 1390. The monoisotopic (exact) mass is 682 g/mol. The average Bonchev–Trinajstić information content (AvgIpc) is 3.34. The van der Waals surface area contributed by atoms with Gasteiger partial charge in [-0.1, -0.05) is 30.3 Å². The Balaban J connectivity index is 1.57. The topological polar surface area (TPSA) is 165 Å². The fourth-order valence-corrected chi connectivity index (χ4v) is 4.63. The largest absolute Gasteiger partial charge is 0.494 e. The highest BCUT2D eigenvalue weighted by Crippen LogP contribution is 2.31. The number of hydrogen-bond acceptors (Lipinski definition) is 11. The molecule has 1 aliphatic heterocycles. The van der Waals surface area contributed by atoms with Gasteiger partial charge in [0.05, 0.1) is 19.8 Å². The number of benzene rings is 2. The Morgan fingerprint density at radius 1 is 0.812 bits per heavy atom. The summed E-state index contributed by atoms with van der Waals surface area (Å²) < 4.78 is 70.8. The van der Waals surface area contributed by atoms with E-state index in [0.29, 0.717) is 29.7 Å². The van der Waals surface area contributed by atoms with Gasteiger partial charge in [-0.2, -0.15) is 13.2 Å². The van der Waals surface area contributed by atoms with Crippen LogP contribution in [0.1, 0.15) is 49.5 Å². The van der Waals surface area contributed by atoms with Gasteiger partial charge in [0.1, 0.15) is 18.0 Å². The molecule has 0 aliphatic carbocycles. The maximum atomic E-state index is 12.7. The van der Waals surface area contributed by atoms with Crippen LogP contribution in [0.2, 0.25) is 0 Å². The van der Waals surface area contributed by atoms with Gasteiger partial charge in [-0.05, 0) is 42.7 Å². The molecule has 0 bridgehead atoms. The summed E-state index contributed by atoms with van der Waals surface area (Å²) >= 11 is 0. The van der Waals surface area contributed by atoms with Crippen LogP contribution in [0.3, 0.4) is 0 Å². The van der Waals surface area contributed by atoms with Gasteiger partial charge in [-0.15, -0.1) is 0 Å². The van der Waals surface area contributed by atoms with Crippen molar-refractivity contribution < 1.29 is 65.6 Å². The minimum atomic E-state index is -4.96. The van der Waals surface area contributed by atoms with Gasteiger partial charge in [-0.3, -0.25) is 24.0 Å². The highest BCUT2D eigenvalue weighted by molar-refractivity contribution is 5.94. The molecule has 1 fully saturated rings. The van der Waals surface area contributed by atoms with Crippen molar-refractivity contribution in [3.05, 3.63) is 65.7 Å². The number of alkyl halides is 3. The summed E-state index contributed by atoms with van der Waals surface area (Å²) in [5, 5.41) is 4.46. The predicted molar refractivity (Wildman–Crippen MR) is 159 cm³/mol. The molecular formula is C32H37F3N2O11. The van der Waals surface area contributed by atoms with Crippen LogP contribution in [0.15, 0.2) is 54.6 Å². The first-order chi connectivity index (χ1) is 22.7. The Morgan fingerprint density at radius 3 is 2.04 bits per heavy atom. The highest BCUT2D eigenvalue weighted by atomic mass is 19.4. The zero-order valence-electron chi connectivity index (χ0n) is 26.5. The number of halogens is 3. The predicted octanol–water partition coefficient (Wildman–Crippen LogP) is 2.99. The van der Waals surface area contributed by atoms with Crippen molar-refractivity contribution in [2.24, 2.45) is 0 Å². The van der Waals surface area contributed by atoms with E-state index in [1.54, 1.807) is 47.8 Å². The van der Waals surface area contributed by atoms with E-state index in [1.165, 1.54) is 12.1 Å². The van der Waals surface area contributed by atoms with E-state index >= 15 is 0 Å². The molecule has 5 atom stereocenters. The zero-order chi connectivity index (χ0) is 35.3. The van der Waals surface area contributed by atoms with Crippen LogP contribution in [-0.2, 0) is 49.4 Å². The SMILES string of the molecule is CC(=O)O[C@H]1[C@H]([C@@H](CNC(=O)c2ccccc2)OC(C)=O)OC(OCCCCOc2ccc(CNC(=O)C(F)(F)F)cc2)[C@@H]1OC(C)=O. The number of esters is 3. The van der Waals surface area contributed by atoms with Gasteiger partial charge in [0.15, 0.2) is 18.5 Å². The number of carbonyl (C=O) groups excluding carboxylic acids is 5. The molecule has 0 spiro atoms. The molecule has 0 radical (unpaired) electrons. The summed E-state index contributed by atoms with van der Waals surface area (Å²) in [6.45, 7) is 3.28. The van der Waals surface area contributed by atoms with Gasteiger partial charge < -0.3 is 39.1 Å². The van der Waals surface area contributed by atoms with Crippen molar-refractivity contribution in [2.45, 2.75) is 77.0 Å². The van der Waals surface area contributed by atoms with E-state index in [1.807, 2.05) is 0 Å². The smallest absolute Gasteiger partial charge is 0.471 e. The maximum Gasteiger partial charge on any atom is 0.471 e.